The summed E-state index contributed by atoms with van der Waals surface area (Å²) in [7, 11) is 0. The summed E-state index contributed by atoms with van der Waals surface area (Å²) in [5.74, 6) is -0.120. The van der Waals surface area contributed by atoms with Gasteiger partial charge in [-0.15, -0.1) is 11.8 Å². The van der Waals surface area contributed by atoms with E-state index < -0.39 is 10.8 Å². The number of fused-ring (bicyclic) bond motifs is 3. The van der Waals surface area contributed by atoms with Gasteiger partial charge in [0.1, 0.15) is 0 Å². The largest absolute Gasteiger partial charge is 0.322 e. The molecule has 1 aliphatic carbocycles. The zero-order valence-corrected chi connectivity index (χ0v) is 19.7. The van der Waals surface area contributed by atoms with Gasteiger partial charge in [0.2, 0.25) is 5.91 Å². The third-order valence-corrected chi connectivity index (χ3v) is 7.18. The maximum Gasteiger partial charge on any atom is 0.270 e. The van der Waals surface area contributed by atoms with Gasteiger partial charge in [-0.3, -0.25) is 24.3 Å². The maximum absolute atomic E-state index is 13.3. The Labute approximate surface area is 206 Å². The molecule has 0 spiro atoms. The lowest BCUT2D eigenvalue weighted by atomic mass is 9.96. The van der Waals surface area contributed by atoms with Gasteiger partial charge >= 0.3 is 0 Å². The first-order valence-corrected chi connectivity index (χ1v) is 12.4. The number of aromatic nitrogens is 1. The fraction of sp³-hybridized carbons (Fsp3) is 0.185. The van der Waals surface area contributed by atoms with Gasteiger partial charge in [-0.05, 0) is 61.6 Å². The van der Waals surface area contributed by atoms with E-state index in [1.54, 1.807) is 12.1 Å². The molecule has 1 amide bonds. The summed E-state index contributed by atoms with van der Waals surface area (Å²) in [4.78, 5) is 37.2. The minimum atomic E-state index is -0.532. The topological polar surface area (TPSA) is 94.2 Å². The van der Waals surface area contributed by atoms with Crippen LogP contribution in [0.15, 0.2) is 77.7 Å². The van der Waals surface area contributed by atoms with Crippen molar-refractivity contribution in [1.82, 2.24) is 4.57 Å². The van der Waals surface area contributed by atoms with Crippen molar-refractivity contribution < 1.29 is 14.5 Å². The van der Waals surface area contributed by atoms with E-state index in [1.807, 2.05) is 34.9 Å². The Hall–Kier alpha value is -3.91. The van der Waals surface area contributed by atoms with E-state index >= 15 is 0 Å². The predicted octanol–water partition coefficient (Wildman–Crippen LogP) is 6.11. The van der Waals surface area contributed by atoms with E-state index in [-0.39, 0.29) is 22.9 Å². The third kappa shape index (κ3) is 4.70. The number of nitro groups is 1. The Balaban J connectivity index is 1.30. The number of para-hydroxylation sites is 1. The fourth-order valence-electron chi connectivity index (χ4n) is 4.62. The van der Waals surface area contributed by atoms with Crippen molar-refractivity contribution in [3.63, 3.8) is 0 Å². The van der Waals surface area contributed by atoms with E-state index in [2.05, 4.69) is 11.4 Å². The zero-order chi connectivity index (χ0) is 24.4. The van der Waals surface area contributed by atoms with Crippen molar-refractivity contribution >= 4 is 45.9 Å². The number of hydrogen-bond donors (Lipinski definition) is 1. The SMILES string of the molecule is O=C(Nc1cccc(SCC(=O)n2c3c(c4ccccc42)CCCC3)c1)c1cccc([N+](=O)[O-])c1. The standard InChI is InChI=1S/C27H23N3O4S/c31-26(29-24-13-3-1-11-22(24)23-12-2-4-14-25(23)29)17-35-21-10-6-8-19(16-21)28-27(32)18-7-5-9-20(15-18)30(33)34/h1,3,5-11,13,15-16H,2,4,12,14,17H2,(H,28,32). The van der Waals surface area contributed by atoms with Crippen molar-refractivity contribution in [2.75, 3.05) is 11.1 Å². The van der Waals surface area contributed by atoms with Gasteiger partial charge in [0.05, 0.1) is 16.2 Å². The number of nitrogens with zero attached hydrogens (tertiary/aromatic N) is 2. The van der Waals surface area contributed by atoms with Gasteiger partial charge in [0.15, 0.2) is 0 Å². The first-order valence-electron chi connectivity index (χ1n) is 11.4. The lowest BCUT2D eigenvalue weighted by molar-refractivity contribution is -0.384. The molecule has 0 aliphatic heterocycles. The van der Waals surface area contributed by atoms with E-state index in [4.69, 9.17) is 0 Å². The molecule has 0 fully saturated rings. The van der Waals surface area contributed by atoms with E-state index in [0.29, 0.717) is 5.69 Å². The van der Waals surface area contributed by atoms with Gasteiger partial charge in [-0.1, -0.05) is 30.3 Å². The quantitative estimate of drug-likeness (QED) is 0.202. The fourth-order valence-corrected chi connectivity index (χ4v) is 5.42. The van der Waals surface area contributed by atoms with Crippen molar-refractivity contribution in [2.45, 2.75) is 30.6 Å². The van der Waals surface area contributed by atoms with E-state index in [0.717, 1.165) is 41.8 Å². The number of nitrogens with one attached hydrogen (secondary N) is 1. The van der Waals surface area contributed by atoms with Gasteiger partial charge in [-0.25, -0.2) is 0 Å². The number of non-ortho nitro benzene ring substituents is 1. The average molecular weight is 486 g/mol. The minimum Gasteiger partial charge on any atom is -0.322 e. The number of carbonyl (C=O) groups excluding carboxylic acids is 2. The molecule has 0 unspecified atom stereocenters. The lowest BCUT2D eigenvalue weighted by Gasteiger charge is -2.15. The highest BCUT2D eigenvalue weighted by Crippen LogP contribution is 2.33. The summed E-state index contributed by atoms with van der Waals surface area (Å²) in [5, 5.41) is 14.9. The van der Waals surface area contributed by atoms with Crippen molar-refractivity contribution in [2.24, 2.45) is 0 Å². The molecule has 4 aromatic rings. The number of rotatable bonds is 6. The number of thioether (sulfide) groups is 1. The highest BCUT2D eigenvalue weighted by atomic mass is 32.2. The molecule has 8 heteroatoms. The molecule has 5 rings (SSSR count). The molecular weight excluding hydrogens is 462 g/mol. The smallest absolute Gasteiger partial charge is 0.270 e. The van der Waals surface area contributed by atoms with Gasteiger partial charge in [-0.2, -0.15) is 0 Å². The van der Waals surface area contributed by atoms with Crippen LogP contribution < -0.4 is 5.32 Å². The normalized spacial score (nSPS) is 12.8. The Kier molecular flexibility index (Phi) is 6.37. The number of amides is 1. The van der Waals surface area contributed by atoms with Crippen LogP contribution >= 0.6 is 11.8 Å². The number of anilines is 1. The molecule has 1 heterocycles. The van der Waals surface area contributed by atoms with Crippen molar-refractivity contribution in [3.05, 3.63) is 99.7 Å². The molecule has 0 bridgehead atoms. The second kappa shape index (κ2) is 9.76. The van der Waals surface area contributed by atoms with Gasteiger partial charge in [0, 0.05) is 39.4 Å². The molecule has 1 N–H and O–H groups in total. The zero-order valence-electron chi connectivity index (χ0n) is 18.9. The number of aryl methyl sites for hydroxylation is 1. The molecule has 1 aromatic heterocycles. The second-order valence-corrected chi connectivity index (χ2v) is 9.51. The monoisotopic (exact) mass is 485 g/mol. The van der Waals surface area contributed by atoms with Crippen LogP contribution in [-0.2, 0) is 12.8 Å². The summed E-state index contributed by atoms with van der Waals surface area (Å²) < 4.78 is 1.89. The van der Waals surface area contributed by atoms with Crippen LogP contribution in [0.1, 0.15) is 39.3 Å². The lowest BCUT2D eigenvalue weighted by Crippen LogP contribution is -2.18. The Morgan fingerprint density at radius 3 is 2.63 bits per heavy atom. The number of benzene rings is 3. The van der Waals surface area contributed by atoms with Crippen LogP contribution in [-0.4, -0.2) is 27.1 Å². The Morgan fingerprint density at radius 2 is 1.77 bits per heavy atom. The van der Waals surface area contributed by atoms with Crippen molar-refractivity contribution in [3.8, 4) is 0 Å². The molecular formula is C27H23N3O4S. The van der Waals surface area contributed by atoms with Crippen LogP contribution in [0.3, 0.4) is 0 Å². The number of carbonyl (C=O) groups is 2. The molecule has 0 atom stereocenters. The maximum atomic E-state index is 13.3. The predicted molar refractivity (Wildman–Crippen MR) is 137 cm³/mol. The molecule has 3 aromatic carbocycles. The minimum absolute atomic E-state index is 0.0420. The van der Waals surface area contributed by atoms with Crippen molar-refractivity contribution in [1.29, 1.82) is 0 Å². The highest BCUT2D eigenvalue weighted by Gasteiger charge is 2.23. The van der Waals surface area contributed by atoms with Crippen LogP contribution in [0.25, 0.3) is 10.9 Å². The average Bonchev–Trinajstić information content (AvgIpc) is 3.22. The highest BCUT2D eigenvalue weighted by molar-refractivity contribution is 8.00. The number of hydrogen-bond acceptors (Lipinski definition) is 5. The molecule has 35 heavy (non-hydrogen) atoms. The first-order chi connectivity index (χ1) is 17.0. The number of nitro benzene ring substituents is 1. The summed E-state index contributed by atoms with van der Waals surface area (Å²) in [5.41, 5.74) is 4.04. The van der Waals surface area contributed by atoms with E-state index in [1.165, 1.54) is 47.0 Å². The Morgan fingerprint density at radius 1 is 0.971 bits per heavy atom. The molecule has 1 aliphatic rings. The van der Waals surface area contributed by atoms with Crippen LogP contribution in [0.5, 0.6) is 0 Å². The van der Waals surface area contributed by atoms with Gasteiger partial charge < -0.3 is 5.32 Å². The Bertz CT molecular complexity index is 1460. The molecule has 7 nitrogen and oxygen atoms in total. The molecule has 0 saturated heterocycles. The summed E-state index contributed by atoms with van der Waals surface area (Å²) >= 11 is 1.42. The second-order valence-electron chi connectivity index (χ2n) is 8.46. The first kappa shape index (κ1) is 22.9. The summed E-state index contributed by atoms with van der Waals surface area (Å²) in [6, 6.07) is 21.0. The van der Waals surface area contributed by atoms with E-state index in [9.17, 15) is 19.7 Å². The van der Waals surface area contributed by atoms with Gasteiger partial charge in [0.25, 0.3) is 11.6 Å². The summed E-state index contributed by atoms with van der Waals surface area (Å²) in [6.45, 7) is 0. The molecule has 0 saturated carbocycles. The molecule has 0 radical (unpaired) electrons. The van der Waals surface area contributed by atoms with Crippen LogP contribution in [0.2, 0.25) is 0 Å². The van der Waals surface area contributed by atoms with Crippen LogP contribution in [0, 0.1) is 10.1 Å². The third-order valence-electron chi connectivity index (χ3n) is 6.20. The molecule has 176 valence electrons. The van der Waals surface area contributed by atoms with Crippen LogP contribution in [0.4, 0.5) is 11.4 Å². The summed E-state index contributed by atoms with van der Waals surface area (Å²) in [6.07, 6.45) is 4.17.